The molecule has 1 aromatic heterocycles. The minimum atomic E-state index is -0.259. The van der Waals surface area contributed by atoms with Crippen LogP contribution in [0, 0.1) is 6.92 Å². The number of likely N-dealkylation sites (tertiary alicyclic amines) is 1. The molecule has 158 valence electrons. The van der Waals surface area contributed by atoms with Crippen molar-refractivity contribution in [2.75, 3.05) is 11.4 Å². The Morgan fingerprint density at radius 1 is 1.27 bits per heavy atom. The van der Waals surface area contributed by atoms with Gasteiger partial charge in [-0.05, 0) is 69.9 Å². The van der Waals surface area contributed by atoms with Gasteiger partial charge in [-0.25, -0.2) is 0 Å². The van der Waals surface area contributed by atoms with E-state index in [0.29, 0.717) is 6.04 Å². The van der Waals surface area contributed by atoms with Gasteiger partial charge >= 0.3 is 0 Å². The third kappa shape index (κ3) is 4.12. The maximum Gasteiger partial charge on any atom is 0.251 e. The van der Waals surface area contributed by atoms with E-state index in [1.165, 1.54) is 5.56 Å². The molecule has 1 aromatic carbocycles. The highest BCUT2D eigenvalue weighted by Gasteiger charge is 2.46. The van der Waals surface area contributed by atoms with E-state index in [4.69, 9.17) is 4.74 Å². The van der Waals surface area contributed by atoms with Crippen molar-refractivity contribution < 1.29 is 9.53 Å². The predicted molar refractivity (Wildman–Crippen MR) is 120 cm³/mol. The van der Waals surface area contributed by atoms with Crippen LogP contribution in [-0.2, 0) is 11.3 Å². The van der Waals surface area contributed by atoms with E-state index < -0.39 is 0 Å². The molecule has 5 heteroatoms. The van der Waals surface area contributed by atoms with Gasteiger partial charge in [-0.3, -0.25) is 19.6 Å². The van der Waals surface area contributed by atoms with Gasteiger partial charge in [-0.15, -0.1) is 0 Å². The lowest BCUT2D eigenvalue weighted by molar-refractivity contribution is -0.114. The summed E-state index contributed by atoms with van der Waals surface area (Å²) >= 11 is 0. The van der Waals surface area contributed by atoms with Crippen LogP contribution < -0.4 is 9.64 Å². The van der Waals surface area contributed by atoms with Gasteiger partial charge in [0.2, 0.25) is 0 Å². The number of pyridine rings is 1. The second kappa shape index (κ2) is 8.23. The molecule has 0 N–H and O–H groups in total. The van der Waals surface area contributed by atoms with Crippen LogP contribution in [0.4, 0.5) is 5.69 Å². The van der Waals surface area contributed by atoms with Crippen LogP contribution in [0.25, 0.3) is 0 Å². The smallest absolute Gasteiger partial charge is 0.251 e. The van der Waals surface area contributed by atoms with Crippen molar-refractivity contribution >= 4 is 11.6 Å². The number of anilines is 1. The molecule has 30 heavy (non-hydrogen) atoms. The molecular formula is C25H31N3O2. The highest BCUT2D eigenvalue weighted by molar-refractivity contribution is 6.06. The fourth-order valence-electron chi connectivity index (χ4n) is 4.75. The van der Waals surface area contributed by atoms with Crippen LogP contribution in [-0.4, -0.2) is 40.0 Å². The van der Waals surface area contributed by atoms with E-state index >= 15 is 0 Å². The Labute approximate surface area is 179 Å². The van der Waals surface area contributed by atoms with E-state index in [1.807, 2.05) is 37.9 Å². The number of hydrogen-bond acceptors (Lipinski definition) is 4. The summed E-state index contributed by atoms with van der Waals surface area (Å²) in [6, 6.07) is 10.8. The van der Waals surface area contributed by atoms with Crippen LogP contribution in [0.15, 0.2) is 54.9 Å². The molecule has 1 spiro atoms. The maximum atomic E-state index is 12.7. The van der Waals surface area contributed by atoms with Gasteiger partial charge in [0.15, 0.2) is 0 Å². The monoisotopic (exact) mass is 405 g/mol. The molecule has 1 amide bonds. The lowest BCUT2D eigenvalue weighted by Gasteiger charge is -2.47. The fraction of sp³-hybridized carbons (Fsp3) is 0.440. The van der Waals surface area contributed by atoms with E-state index in [-0.39, 0.29) is 17.6 Å². The molecule has 2 aliphatic heterocycles. The average molecular weight is 406 g/mol. The van der Waals surface area contributed by atoms with Crippen molar-refractivity contribution in [3.8, 4) is 5.75 Å². The van der Waals surface area contributed by atoms with E-state index in [2.05, 4.69) is 47.1 Å². The number of aryl methyl sites for hydroxylation is 1. The number of piperidine rings is 1. The minimum Gasteiger partial charge on any atom is -0.491 e. The van der Waals surface area contributed by atoms with Gasteiger partial charge in [0, 0.05) is 31.4 Å². The summed E-state index contributed by atoms with van der Waals surface area (Å²) in [4.78, 5) is 21.5. The van der Waals surface area contributed by atoms with Crippen molar-refractivity contribution in [3.63, 3.8) is 0 Å². The number of nitrogens with zero attached hydrogens (tertiary/aromatic N) is 3. The molecule has 0 aliphatic carbocycles. The minimum absolute atomic E-state index is 0.0570. The third-order valence-corrected chi connectivity index (χ3v) is 6.08. The summed E-state index contributed by atoms with van der Waals surface area (Å²) in [5.74, 6) is 0.979. The quantitative estimate of drug-likeness (QED) is 0.735. The first kappa shape index (κ1) is 20.6. The number of carbonyl (C=O) groups excluding carboxylic acids is 1. The zero-order chi connectivity index (χ0) is 21.3. The molecule has 1 fully saturated rings. The van der Waals surface area contributed by atoms with Gasteiger partial charge in [0.1, 0.15) is 5.75 Å². The Hall–Kier alpha value is -2.66. The zero-order valence-corrected chi connectivity index (χ0v) is 18.3. The Kier molecular flexibility index (Phi) is 5.65. The topological polar surface area (TPSA) is 45.7 Å². The lowest BCUT2D eigenvalue weighted by atomic mass is 9.82. The Bertz CT molecular complexity index is 955. The first-order valence-corrected chi connectivity index (χ1v) is 10.8. The van der Waals surface area contributed by atoms with Crippen LogP contribution in [0.5, 0.6) is 5.75 Å². The predicted octanol–water partition coefficient (Wildman–Crippen LogP) is 4.50. The molecule has 0 unspecified atom stereocenters. The number of hydrogen-bond donors (Lipinski definition) is 0. The van der Waals surface area contributed by atoms with E-state index in [1.54, 1.807) is 12.3 Å². The Morgan fingerprint density at radius 3 is 2.83 bits per heavy atom. The summed E-state index contributed by atoms with van der Waals surface area (Å²) in [7, 11) is 0. The molecule has 2 aliphatic rings. The number of carbonyl (C=O) groups is 1. The third-order valence-electron chi connectivity index (χ3n) is 6.08. The number of amides is 1. The van der Waals surface area contributed by atoms with Gasteiger partial charge in [-0.1, -0.05) is 18.2 Å². The molecule has 0 saturated carbocycles. The maximum absolute atomic E-state index is 12.7. The summed E-state index contributed by atoms with van der Waals surface area (Å²) in [5, 5.41) is 0. The van der Waals surface area contributed by atoms with Crippen LogP contribution >= 0.6 is 0 Å². The molecule has 4 rings (SSSR count). The molecular weight excluding hydrogens is 374 g/mol. The second-order valence-electron chi connectivity index (χ2n) is 8.92. The van der Waals surface area contributed by atoms with Gasteiger partial charge in [0.25, 0.3) is 5.91 Å². The molecule has 0 bridgehead atoms. The van der Waals surface area contributed by atoms with Gasteiger partial charge in [-0.2, -0.15) is 0 Å². The molecule has 2 atom stereocenters. The number of aromatic nitrogens is 1. The number of ether oxygens (including phenoxy) is 1. The van der Waals surface area contributed by atoms with Crippen molar-refractivity contribution in [2.24, 2.45) is 0 Å². The first-order valence-electron chi connectivity index (χ1n) is 10.8. The zero-order valence-electron chi connectivity index (χ0n) is 18.3. The summed E-state index contributed by atoms with van der Waals surface area (Å²) in [6.45, 7) is 10.2. The average Bonchev–Trinajstić information content (AvgIpc) is 2.99. The molecule has 2 aromatic rings. The second-order valence-corrected chi connectivity index (χ2v) is 8.92. The highest BCUT2D eigenvalue weighted by Crippen LogP contribution is 2.40. The molecule has 3 heterocycles. The van der Waals surface area contributed by atoms with Crippen molar-refractivity contribution in [1.29, 1.82) is 0 Å². The van der Waals surface area contributed by atoms with Crippen molar-refractivity contribution in [2.45, 2.75) is 64.8 Å². The van der Waals surface area contributed by atoms with Crippen LogP contribution in [0.3, 0.4) is 0 Å². The lowest BCUT2D eigenvalue weighted by Crippen LogP contribution is -2.56. The summed E-state index contributed by atoms with van der Waals surface area (Å²) < 4.78 is 5.85. The van der Waals surface area contributed by atoms with E-state index in [0.717, 1.165) is 42.9 Å². The van der Waals surface area contributed by atoms with Crippen LogP contribution in [0.2, 0.25) is 0 Å². The van der Waals surface area contributed by atoms with Gasteiger partial charge in [0.05, 0.1) is 23.5 Å². The SMILES string of the molecule is Cc1cncc(N2C(=O)C=C[C@]23CCN(Cc2cccc(OC(C)C)c2)[C@@H](C)C3)c1. The summed E-state index contributed by atoms with van der Waals surface area (Å²) in [6.07, 6.45) is 9.47. The number of rotatable bonds is 5. The normalized spacial score (nSPS) is 24.2. The largest absolute Gasteiger partial charge is 0.491 e. The van der Waals surface area contributed by atoms with Gasteiger partial charge < -0.3 is 4.74 Å². The number of benzene rings is 1. The summed E-state index contributed by atoms with van der Waals surface area (Å²) in [5.41, 5.74) is 2.96. The first-order chi connectivity index (χ1) is 14.4. The van der Waals surface area contributed by atoms with Crippen molar-refractivity contribution in [1.82, 2.24) is 9.88 Å². The Morgan fingerprint density at radius 2 is 2.10 bits per heavy atom. The van der Waals surface area contributed by atoms with Crippen LogP contribution in [0.1, 0.15) is 44.7 Å². The van der Waals surface area contributed by atoms with Crippen molar-refractivity contribution in [3.05, 3.63) is 66.0 Å². The standard InChI is InChI=1S/C25H31N3O2/c1-18(2)30-23-7-5-6-21(13-23)17-27-11-10-25(14-20(27)4)9-8-24(29)28(25)22-12-19(3)15-26-16-22/h5-9,12-13,15-16,18,20H,10-11,14,17H2,1-4H3/t20-,25+/m0/s1. The molecule has 1 saturated heterocycles. The molecule has 5 nitrogen and oxygen atoms in total. The van der Waals surface area contributed by atoms with E-state index in [9.17, 15) is 4.79 Å². The Balaban J connectivity index is 1.50. The molecule has 0 radical (unpaired) electrons. The highest BCUT2D eigenvalue weighted by atomic mass is 16.5. The fourth-order valence-corrected chi connectivity index (χ4v) is 4.75.